The lowest BCUT2D eigenvalue weighted by Crippen LogP contribution is -2.41. The average molecular weight is 549 g/mol. The van der Waals surface area contributed by atoms with E-state index in [4.69, 9.17) is 10.8 Å². The summed E-state index contributed by atoms with van der Waals surface area (Å²) in [6.07, 6.45) is 2.06. The minimum Gasteiger partial charge on any atom is -0.481 e. The zero-order valence-corrected chi connectivity index (χ0v) is 20.2. The number of urea groups is 1. The van der Waals surface area contributed by atoms with Gasteiger partial charge in [0.1, 0.15) is 5.82 Å². The van der Waals surface area contributed by atoms with Crippen LogP contribution in [-0.2, 0) is 14.4 Å². The predicted molar refractivity (Wildman–Crippen MR) is 131 cm³/mol. The Bertz CT molecular complexity index is 1100. The molecule has 186 valence electrons. The number of carbonyl (C=O) groups is 4. The van der Waals surface area contributed by atoms with Crippen LogP contribution in [0.25, 0.3) is 0 Å². The Morgan fingerprint density at radius 3 is 2.80 bits per heavy atom. The number of halogens is 1. The molecule has 3 rings (SSSR count). The molecule has 0 bridgehead atoms. The molecule has 0 saturated carbocycles. The molecule has 1 aliphatic heterocycles. The first-order valence-electron chi connectivity index (χ1n) is 10.7. The SMILES string of the molecule is N[C@@H](CCC(=O)O)C(=O)NCCCNc1nc(Nc2cccc(N3C(=O)CNC3=O)c2)ncc1Br. The fraction of sp³-hybridized carbons (Fsp3) is 0.333. The molecular weight excluding hydrogens is 524 g/mol. The van der Waals surface area contributed by atoms with E-state index in [0.29, 0.717) is 47.1 Å². The summed E-state index contributed by atoms with van der Waals surface area (Å²) in [4.78, 5) is 56.0. The van der Waals surface area contributed by atoms with Gasteiger partial charge >= 0.3 is 12.0 Å². The summed E-state index contributed by atoms with van der Waals surface area (Å²) in [6, 6.07) is 5.42. The number of hydrogen-bond acceptors (Lipinski definition) is 9. The molecule has 0 radical (unpaired) electrons. The number of hydrogen-bond donors (Lipinski definition) is 6. The number of aromatic nitrogens is 2. The summed E-state index contributed by atoms with van der Waals surface area (Å²) in [5.41, 5.74) is 6.68. The Kier molecular flexibility index (Phi) is 8.92. The second kappa shape index (κ2) is 12.1. The number of aliphatic carboxylic acids is 1. The van der Waals surface area contributed by atoms with Crippen molar-refractivity contribution in [1.29, 1.82) is 0 Å². The van der Waals surface area contributed by atoms with Gasteiger partial charge in [-0.05, 0) is 47.0 Å². The summed E-state index contributed by atoms with van der Waals surface area (Å²) in [5.74, 6) is -0.906. The molecule has 0 spiro atoms. The zero-order valence-electron chi connectivity index (χ0n) is 18.6. The zero-order chi connectivity index (χ0) is 25.4. The highest BCUT2D eigenvalue weighted by Gasteiger charge is 2.30. The van der Waals surface area contributed by atoms with Gasteiger partial charge in [-0.25, -0.2) is 14.7 Å². The van der Waals surface area contributed by atoms with Gasteiger partial charge in [-0.1, -0.05) is 6.07 Å². The Hall–Kier alpha value is -3.78. The second-order valence-corrected chi connectivity index (χ2v) is 8.42. The molecule has 2 heterocycles. The minimum atomic E-state index is -0.997. The van der Waals surface area contributed by atoms with Gasteiger partial charge in [-0.15, -0.1) is 0 Å². The third kappa shape index (κ3) is 7.35. The molecular formula is C21H25BrN8O5. The summed E-state index contributed by atoms with van der Waals surface area (Å²) in [7, 11) is 0. The fourth-order valence-corrected chi connectivity index (χ4v) is 3.47. The smallest absolute Gasteiger partial charge is 0.329 e. The van der Waals surface area contributed by atoms with Crippen LogP contribution in [0.15, 0.2) is 34.9 Å². The Balaban J connectivity index is 1.51. The molecule has 14 heteroatoms. The third-order valence-electron chi connectivity index (χ3n) is 4.90. The number of imide groups is 1. The summed E-state index contributed by atoms with van der Waals surface area (Å²) >= 11 is 3.39. The quantitative estimate of drug-likeness (QED) is 0.165. The lowest BCUT2D eigenvalue weighted by molar-refractivity contribution is -0.137. The number of rotatable bonds is 12. The van der Waals surface area contributed by atoms with Crippen LogP contribution in [0, 0.1) is 0 Å². The highest BCUT2D eigenvalue weighted by molar-refractivity contribution is 9.10. The van der Waals surface area contributed by atoms with Gasteiger partial charge in [0.15, 0.2) is 0 Å². The van der Waals surface area contributed by atoms with Crippen LogP contribution in [0.2, 0.25) is 0 Å². The van der Waals surface area contributed by atoms with E-state index < -0.39 is 23.9 Å². The molecule has 1 aromatic heterocycles. The Morgan fingerprint density at radius 2 is 2.09 bits per heavy atom. The van der Waals surface area contributed by atoms with E-state index in [-0.39, 0.29) is 25.3 Å². The van der Waals surface area contributed by atoms with Gasteiger partial charge in [0, 0.05) is 31.4 Å². The molecule has 35 heavy (non-hydrogen) atoms. The predicted octanol–water partition coefficient (Wildman–Crippen LogP) is 1.15. The average Bonchev–Trinajstić information content (AvgIpc) is 3.16. The van der Waals surface area contributed by atoms with Crippen molar-refractivity contribution >= 4 is 62.9 Å². The molecule has 1 fully saturated rings. The maximum Gasteiger partial charge on any atom is 0.329 e. The number of carboxylic acid groups (broad SMARTS) is 1. The lowest BCUT2D eigenvalue weighted by atomic mass is 10.1. The molecule has 1 saturated heterocycles. The minimum absolute atomic E-state index is 0.0391. The first kappa shape index (κ1) is 25.8. The lowest BCUT2D eigenvalue weighted by Gasteiger charge is -2.14. The van der Waals surface area contributed by atoms with Crippen molar-refractivity contribution in [2.45, 2.75) is 25.3 Å². The van der Waals surface area contributed by atoms with Crippen LogP contribution in [0.5, 0.6) is 0 Å². The first-order chi connectivity index (χ1) is 16.7. The highest BCUT2D eigenvalue weighted by atomic mass is 79.9. The molecule has 0 unspecified atom stereocenters. The van der Waals surface area contributed by atoms with Crippen LogP contribution in [0.1, 0.15) is 19.3 Å². The van der Waals surface area contributed by atoms with E-state index in [0.717, 1.165) is 4.90 Å². The molecule has 7 N–H and O–H groups in total. The highest BCUT2D eigenvalue weighted by Crippen LogP contribution is 2.25. The molecule has 1 aromatic carbocycles. The number of amides is 4. The molecule has 1 atom stereocenters. The van der Waals surface area contributed by atoms with Crippen molar-refractivity contribution in [3.05, 3.63) is 34.9 Å². The standard InChI is InChI=1S/C21H25BrN8O5/c22-14-10-26-20(28-12-3-1-4-13(9-12)30-16(31)11-27-21(30)35)29-18(14)24-7-2-8-25-19(34)15(23)5-6-17(32)33/h1,3-4,9-10,15H,2,5-8,11,23H2,(H,25,34)(H,27,35)(H,32,33)(H2,24,26,28,29)/t15-/m0/s1. The van der Waals surface area contributed by atoms with E-state index >= 15 is 0 Å². The van der Waals surface area contributed by atoms with E-state index in [1.54, 1.807) is 30.5 Å². The van der Waals surface area contributed by atoms with Gasteiger partial charge in [0.2, 0.25) is 11.9 Å². The normalized spacial score (nSPS) is 13.8. The molecule has 1 aliphatic rings. The second-order valence-electron chi connectivity index (χ2n) is 7.56. The number of nitrogens with two attached hydrogens (primary N) is 1. The van der Waals surface area contributed by atoms with Crippen molar-refractivity contribution in [3.63, 3.8) is 0 Å². The molecule has 0 aliphatic carbocycles. The Morgan fingerprint density at radius 1 is 1.29 bits per heavy atom. The number of carboxylic acids is 1. The summed E-state index contributed by atoms with van der Waals surface area (Å²) < 4.78 is 0.635. The molecule has 13 nitrogen and oxygen atoms in total. The summed E-state index contributed by atoms with van der Waals surface area (Å²) in [6.45, 7) is 0.805. The maximum atomic E-state index is 11.9. The number of carbonyl (C=O) groups excluding carboxylic acids is 3. The van der Waals surface area contributed by atoms with Crippen LogP contribution in [-0.4, -0.2) is 64.6 Å². The van der Waals surface area contributed by atoms with Gasteiger partial charge in [0.05, 0.1) is 22.7 Å². The van der Waals surface area contributed by atoms with Gasteiger partial charge in [0.25, 0.3) is 5.91 Å². The largest absolute Gasteiger partial charge is 0.481 e. The van der Waals surface area contributed by atoms with E-state index in [1.165, 1.54) is 0 Å². The molecule has 2 aromatic rings. The van der Waals surface area contributed by atoms with Gasteiger partial charge in [-0.3, -0.25) is 14.4 Å². The number of nitrogens with one attached hydrogen (secondary N) is 4. The Labute approximate surface area is 209 Å². The van der Waals surface area contributed by atoms with Crippen molar-refractivity contribution in [2.24, 2.45) is 5.73 Å². The van der Waals surface area contributed by atoms with E-state index in [2.05, 4.69) is 47.2 Å². The van der Waals surface area contributed by atoms with Gasteiger partial charge in [-0.2, -0.15) is 4.98 Å². The third-order valence-corrected chi connectivity index (χ3v) is 5.48. The van der Waals surface area contributed by atoms with E-state index in [9.17, 15) is 19.2 Å². The molecule has 4 amide bonds. The van der Waals surface area contributed by atoms with E-state index in [1.807, 2.05) is 0 Å². The number of anilines is 4. The van der Waals surface area contributed by atoms with Crippen LogP contribution in [0.4, 0.5) is 27.9 Å². The van der Waals surface area contributed by atoms with Crippen molar-refractivity contribution in [3.8, 4) is 0 Å². The fourth-order valence-electron chi connectivity index (χ4n) is 3.13. The van der Waals surface area contributed by atoms with Crippen LogP contribution in [0.3, 0.4) is 0 Å². The van der Waals surface area contributed by atoms with Crippen LogP contribution >= 0.6 is 15.9 Å². The summed E-state index contributed by atoms with van der Waals surface area (Å²) in [5, 5.41) is 20.0. The first-order valence-corrected chi connectivity index (χ1v) is 11.5. The van der Waals surface area contributed by atoms with Crippen molar-refractivity contribution in [2.75, 3.05) is 35.2 Å². The van der Waals surface area contributed by atoms with Crippen molar-refractivity contribution in [1.82, 2.24) is 20.6 Å². The number of nitrogens with zero attached hydrogens (tertiary/aromatic N) is 3. The maximum absolute atomic E-state index is 11.9. The topological polar surface area (TPSA) is 192 Å². The monoisotopic (exact) mass is 548 g/mol. The van der Waals surface area contributed by atoms with Crippen LogP contribution < -0.4 is 31.9 Å². The number of benzene rings is 1. The van der Waals surface area contributed by atoms with Gasteiger partial charge < -0.3 is 32.1 Å². The van der Waals surface area contributed by atoms with Crippen molar-refractivity contribution < 1.29 is 24.3 Å².